The first-order chi connectivity index (χ1) is 13.0. The zero-order valence-electron chi connectivity index (χ0n) is 15.5. The summed E-state index contributed by atoms with van der Waals surface area (Å²) in [6.07, 6.45) is 1.35. The predicted octanol–water partition coefficient (Wildman–Crippen LogP) is 3.17. The monoisotopic (exact) mass is 367 g/mol. The third-order valence-electron chi connectivity index (χ3n) is 4.97. The van der Waals surface area contributed by atoms with E-state index in [-0.39, 0.29) is 12.5 Å². The maximum atomic E-state index is 12.5. The Morgan fingerprint density at radius 1 is 1.22 bits per heavy atom. The minimum atomic E-state index is -0.909. The zero-order chi connectivity index (χ0) is 19.2. The average Bonchev–Trinajstić information content (AvgIpc) is 3.19. The topological polar surface area (TPSA) is 75.6 Å². The summed E-state index contributed by atoms with van der Waals surface area (Å²) in [6, 6.07) is 15.3. The number of rotatable bonds is 7. The van der Waals surface area contributed by atoms with Gasteiger partial charge in [0.2, 0.25) is 0 Å². The fourth-order valence-electron chi connectivity index (χ4n) is 3.42. The standard InChI is InChI=1S/C22H25NO4/c1-15-4-2-5-16(10-15)11-20(22(25)26)13-23-21(24)18-7-3-6-17(12-18)19-8-9-27-14-19/h2-7,10,12,19-20H,8-9,11,13-14H2,1H3,(H,23,24)(H,25,26). The fourth-order valence-corrected chi connectivity index (χ4v) is 3.42. The minimum Gasteiger partial charge on any atom is -0.481 e. The van der Waals surface area contributed by atoms with Gasteiger partial charge in [0.25, 0.3) is 5.91 Å². The van der Waals surface area contributed by atoms with Crippen LogP contribution in [0.25, 0.3) is 0 Å². The van der Waals surface area contributed by atoms with Gasteiger partial charge in [-0.2, -0.15) is 0 Å². The molecule has 0 bridgehead atoms. The Kier molecular flexibility index (Phi) is 6.24. The first-order valence-electron chi connectivity index (χ1n) is 9.27. The van der Waals surface area contributed by atoms with Crippen LogP contribution >= 0.6 is 0 Å². The summed E-state index contributed by atoms with van der Waals surface area (Å²) in [5, 5.41) is 12.3. The van der Waals surface area contributed by atoms with Gasteiger partial charge in [-0.3, -0.25) is 9.59 Å². The van der Waals surface area contributed by atoms with Gasteiger partial charge < -0.3 is 15.2 Å². The highest BCUT2D eigenvalue weighted by atomic mass is 16.5. The van der Waals surface area contributed by atoms with Crippen molar-refractivity contribution in [3.05, 3.63) is 70.8 Å². The Morgan fingerprint density at radius 3 is 2.74 bits per heavy atom. The summed E-state index contributed by atoms with van der Waals surface area (Å²) in [4.78, 5) is 24.1. The smallest absolute Gasteiger partial charge is 0.308 e. The number of carbonyl (C=O) groups excluding carboxylic acids is 1. The highest BCUT2D eigenvalue weighted by Crippen LogP contribution is 2.25. The molecule has 0 saturated carbocycles. The number of nitrogens with one attached hydrogen (secondary N) is 1. The van der Waals surface area contributed by atoms with Crippen LogP contribution < -0.4 is 5.32 Å². The molecule has 2 aromatic carbocycles. The van der Waals surface area contributed by atoms with Gasteiger partial charge in [0.15, 0.2) is 0 Å². The molecular weight excluding hydrogens is 342 g/mol. The molecule has 2 unspecified atom stereocenters. The maximum Gasteiger partial charge on any atom is 0.308 e. The van der Waals surface area contributed by atoms with Gasteiger partial charge in [0.05, 0.1) is 12.5 Å². The van der Waals surface area contributed by atoms with Crippen molar-refractivity contribution >= 4 is 11.9 Å². The van der Waals surface area contributed by atoms with Crippen molar-refractivity contribution in [2.24, 2.45) is 5.92 Å². The molecule has 0 aromatic heterocycles. The number of benzene rings is 2. The molecule has 5 heteroatoms. The van der Waals surface area contributed by atoms with Gasteiger partial charge in [-0.15, -0.1) is 0 Å². The van der Waals surface area contributed by atoms with Crippen LogP contribution in [0.4, 0.5) is 0 Å². The van der Waals surface area contributed by atoms with E-state index in [0.717, 1.165) is 29.7 Å². The molecule has 1 heterocycles. The van der Waals surface area contributed by atoms with Crippen LogP contribution in [0.2, 0.25) is 0 Å². The first-order valence-corrected chi connectivity index (χ1v) is 9.27. The highest BCUT2D eigenvalue weighted by molar-refractivity contribution is 5.94. The number of carboxylic acids is 1. The molecule has 1 fully saturated rings. The number of carbonyl (C=O) groups is 2. The Labute approximate surface area is 159 Å². The lowest BCUT2D eigenvalue weighted by atomic mass is 9.96. The molecule has 2 aromatic rings. The summed E-state index contributed by atoms with van der Waals surface area (Å²) >= 11 is 0. The Balaban J connectivity index is 1.62. The molecule has 2 N–H and O–H groups in total. The number of aryl methyl sites for hydroxylation is 1. The zero-order valence-corrected chi connectivity index (χ0v) is 15.5. The van der Waals surface area contributed by atoms with Crippen molar-refractivity contribution in [2.75, 3.05) is 19.8 Å². The molecule has 1 amide bonds. The van der Waals surface area contributed by atoms with Crippen molar-refractivity contribution in [1.82, 2.24) is 5.32 Å². The highest BCUT2D eigenvalue weighted by Gasteiger charge is 2.21. The molecule has 1 aliphatic heterocycles. The van der Waals surface area contributed by atoms with Gasteiger partial charge in [-0.1, -0.05) is 42.0 Å². The molecule has 1 saturated heterocycles. The lowest BCUT2D eigenvalue weighted by Gasteiger charge is -2.15. The third kappa shape index (κ3) is 5.17. The van der Waals surface area contributed by atoms with Crippen LogP contribution in [0.15, 0.2) is 48.5 Å². The largest absolute Gasteiger partial charge is 0.481 e. The first kappa shape index (κ1) is 19.1. The van der Waals surface area contributed by atoms with E-state index >= 15 is 0 Å². The maximum absolute atomic E-state index is 12.5. The molecule has 1 aliphatic rings. The quantitative estimate of drug-likeness (QED) is 0.788. The van der Waals surface area contributed by atoms with Crippen molar-refractivity contribution in [1.29, 1.82) is 0 Å². The van der Waals surface area contributed by atoms with E-state index in [0.29, 0.717) is 24.5 Å². The van der Waals surface area contributed by atoms with E-state index in [9.17, 15) is 14.7 Å². The summed E-state index contributed by atoms with van der Waals surface area (Å²) in [7, 11) is 0. The van der Waals surface area contributed by atoms with Crippen LogP contribution in [-0.4, -0.2) is 36.7 Å². The van der Waals surface area contributed by atoms with E-state index in [1.807, 2.05) is 49.4 Å². The van der Waals surface area contributed by atoms with Crippen LogP contribution in [0.1, 0.15) is 39.4 Å². The van der Waals surface area contributed by atoms with Crippen molar-refractivity contribution in [3.63, 3.8) is 0 Å². The van der Waals surface area contributed by atoms with Crippen LogP contribution in [0.5, 0.6) is 0 Å². The predicted molar refractivity (Wildman–Crippen MR) is 103 cm³/mol. The summed E-state index contributed by atoms with van der Waals surface area (Å²) in [5.41, 5.74) is 3.70. The lowest BCUT2D eigenvalue weighted by molar-refractivity contribution is -0.141. The number of aliphatic carboxylic acids is 1. The van der Waals surface area contributed by atoms with Gasteiger partial charge >= 0.3 is 5.97 Å². The summed E-state index contributed by atoms with van der Waals surface area (Å²) < 4.78 is 5.42. The van der Waals surface area contributed by atoms with Gasteiger partial charge in [-0.05, 0) is 43.0 Å². The van der Waals surface area contributed by atoms with E-state index in [1.54, 1.807) is 6.07 Å². The lowest BCUT2D eigenvalue weighted by Crippen LogP contribution is -2.34. The van der Waals surface area contributed by atoms with Crippen LogP contribution in [-0.2, 0) is 16.0 Å². The third-order valence-corrected chi connectivity index (χ3v) is 4.97. The van der Waals surface area contributed by atoms with Crippen LogP contribution in [0.3, 0.4) is 0 Å². The molecule has 3 rings (SSSR count). The Bertz CT molecular complexity index is 811. The Hall–Kier alpha value is -2.66. The average molecular weight is 367 g/mol. The van der Waals surface area contributed by atoms with Gasteiger partial charge in [-0.25, -0.2) is 0 Å². The van der Waals surface area contributed by atoms with E-state index < -0.39 is 11.9 Å². The molecule has 2 atom stereocenters. The SMILES string of the molecule is Cc1cccc(CC(CNC(=O)c2cccc(C3CCOC3)c2)C(=O)O)c1. The van der Waals surface area contributed by atoms with Crippen LogP contribution in [0, 0.1) is 12.8 Å². The fraction of sp³-hybridized carbons (Fsp3) is 0.364. The van der Waals surface area contributed by atoms with E-state index in [1.165, 1.54) is 0 Å². The van der Waals surface area contributed by atoms with Gasteiger partial charge in [0, 0.05) is 24.6 Å². The second-order valence-electron chi connectivity index (χ2n) is 7.12. The molecule has 142 valence electrons. The molecule has 5 nitrogen and oxygen atoms in total. The molecule has 0 aliphatic carbocycles. The van der Waals surface area contributed by atoms with Crippen molar-refractivity contribution in [3.8, 4) is 0 Å². The number of carboxylic acid groups (broad SMARTS) is 1. The molecular formula is C22H25NO4. The normalized spacial score (nSPS) is 17.4. The minimum absolute atomic E-state index is 0.0961. The van der Waals surface area contributed by atoms with Gasteiger partial charge in [0.1, 0.15) is 0 Å². The van der Waals surface area contributed by atoms with Crippen molar-refractivity contribution in [2.45, 2.75) is 25.7 Å². The molecule has 0 spiro atoms. The molecule has 27 heavy (non-hydrogen) atoms. The number of amides is 1. The Morgan fingerprint density at radius 2 is 2.04 bits per heavy atom. The number of ether oxygens (including phenoxy) is 1. The van der Waals surface area contributed by atoms with E-state index in [4.69, 9.17) is 4.74 Å². The number of hydrogen-bond donors (Lipinski definition) is 2. The second kappa shape index (κ2) is 8.82. The summed E-state index contributed by atoms with van der Waals surface area (Å²) in [5.74, 6) is -1.49. The second-order valence-corrected chi connectivity index (χ2v) is 7.12. The van der Waals surface area contributed by atoms with Crippen molar-refractivity contribution < 1.29 is 19.4 Å². The summed E-state index contributed by atoms with van der Waals surface area (Å²) in [6.45, 7) is 3.51. The van der Waals surface area contributed by atoms with E-state index in [2.05, 4.69) is 5.32 Å². The molecule has 0 radical (unpaired) electrons. The number of hydrogen-bond acceptors (Lipinski definition) is 3.